The number of anilines is 1. The number of carbonyl (C=O) groups excluding carboxylic acids is 1. The number of allylic oxidation sites excluding steroid dienone is 1. The number of methoxy groups -OCH3 is 1. The van der Waals surface area contributed by atoms with Gasteiger partial charge in [0, 0.05) is 42.5 Å². The summed E-state index contributed by atoms with van der Waals surface area (Å²) in [5.74, 6) is -1.13. The summed E-state index contributed by atoms with van der Waals surface area (Å²) < 4.78 is 75.3. The highest BCUT2D eigenvalue weighted by atomic mass is 19.4. The van der Waals surface area contributed by atoms with Gasteiger partial charge in [0.15, 0.2) is 23.1 Å². The monoisotopic (exact) mass is 748 g/mol. The van der Waals surface area contributed by atoms with E-state index in [9.17, 15) is 27.6 Å². The molecular formula is C38H36F4N6O6. The number of benzene rings is 3. The smallest absolute Gasteiger partial charge is 0.418 e. The zero-order valence-corrected chi connectivity index (χ0v) is 29.2. The first-order valence-electron chi connectivity index (χ1n) is 17.1. The Kier molecular flexibility index (Phi) is 11.4. The molecule has 1 fully saturated rings. The lowest BCUT2D eigenvalue weighted by Gasteiger charge is -2.26. The molecule has 3 aromatic carbocycles. The van der Waals surface area contributed by atoms with E-state index >= 15 is 4.39 Å². The summed E-state index contributed by atoms with van der Waals surface area (Å²) in [7, 11) is 1.52. The Morgan fingerprint density at radius 3 is 2.48 bits per heavy atom. The molecule has 0 saturated carbocycles. The number of hydrogen-bond donors (Lipinski definition) is 1. The van der Waals surface area contributed by atoms with E-state index in [4.69, 9.17) is 14.2 Å². The highest BCUT2D eigenvalue weighted by Crippen LogP contribution is 2.38. The van der Waals surface area contributed by atoms with Crippen molar-refractivity contribution in [3.63, 3.8) is 0 Å². The van der Waals surface area contributed by atoms with Gasteiger partial charge in [-0.3, -0.25) is 19.1 Å². The molecule has 282 valence electrons. The van der Waals surface area contributed by atoms with Crippen molar-refractivity contribution in [3.05, 3.63) is 117 Å². The third-order valence-electron chi connectivity index (χ3n) is 8.75. The van der Waals surface area contributed by atoms with Crippen molar-refractivity contribution in [2.75, 3.05) is 38.7 Å². The summed E-state index contributed by atoms with van der Waals surface area (Å²) in [4.78, 5) is 46.4. The van der Waals surface area contributed by atoms with Crippen LogP contribution in [-0.4, -0.2) is 63.5 Å². The van der Waals surface area contributed by atoms with Crippen LogP contribution in [0.3, 0.4) is 0 Å². The van der Waals surface area contributed by atoms with E-state index in [2.05, 4.69) is 26.9 Å². The minimum atomic E-state index is -4.89. The number of piperidine rings is 1. The summed E-state index contributed by atoms with van der Waals surface area (Å²) in [6.45, 7) is 6.59. The number of pyridine rings is 1. The number of hydrogen-bond acceptors (Lipinski definition) is 9. The molecule has 0 radical (unpaired) electrons. The molecule has 1 saturated heterocycles. The normalized spacial score (nSPS) is 13.4. The van der Waals surface area contributed by atoms with Crippen LogP contribution in [0.15, 0.2) is 89.1 Å². The predicted molar refractivity (Wildman–Crippen MR) is 192 cm³/mol. The molecule has 3 heterocycles. The molecule has 0 aliphatic carbocycles. The maximum atomic E-state index is 15.5. The first-order valence-corrected chi connectivity index (χ1v) is 17.1. The number of nitrogens with zero attached hydrogens (tertiary/aromatic N) is 5. The van der Waals surface area contributed by atoms with Crippen LogP contribution in [0, 0.1) is 5.82 Å². The van der Waals surface area contributed by atoms with Crippen LogP contribution in [0.5, 0.6) is 23.0 Å². The van der Waals surface area contributed by atoms with Crippen LogP contribution in [0.4, 0.5) is 23.2 Å². The lowest BCUT2D eigenvalue weighted by atomic mass is 10.1. The maximum Gasteiger partial charge on any atom is 0.418 e. The first-order chi connectivity index (χ1) is 26.0. The van der Waals surface area contributed by atoms with Crippen LogP contribution < -0.4 is 30.8 Å². The number of alkyl halides is 3. The number of fused-ring (bicyclic) bond motifs is 1. The molecule has 0 spiro atoms. The van der Waals surface area contributed by atoms with E-state index in [1.807, 2.05) is 0 Å². The highest BCUT2D eigenvalue weighted by molar-refractivity contribution is 6.02. The van der Waals surface area contributed by atoms with Crippen molar-refractivity contribution in [3.8, 4) is 28.7 Å². The summed E-state index contributed by atoms with van der Waals surface area (Å²) in [5.41, 5.74) is -4.90. The number of nitrogens with one attached hydrogen (secondary N) is 1. The number of ether oxygens (including phenoxy) is 3. The molecule has 54 heavy (non-hydrogen) atoms. The second-order valence-corrected chi connectivity index (χ2v) is 12.4. The average Bonchev–Trinajstić information content (AvgIpc) is 3.16. The molecule has 6 rings (SSSR count). The van der Waals surface area contributed by atoms with Crippen LogP contribution in [0.25, 0.3) is 16.6 Å². The molecule has 1 aliphatic heterocycles. The van der Waals surface area contributed by atoms with E-state index < -0.39 is 52.6 Å². The fourth-order valence-electron chi connectivity index (χ4n) is 6.12. The number of aromatic nitrogens is 4. The second kappa shape index (κ2) is 16.3. The summed E-state index contributed by atoms with van der Waals surface area (Å²) in [6, 6.07) is 12.5. The SMILES string of the molecule is C=CCn1c(=O)c(C(=O)Nc2ccc(Oc3ccnc4cc(OC)c(OCCCN5CCCCC5)cc34)c(F)c2)nn(-c2ccccc2C(F)(F)F)c1=O. The second-order valence-electron chi connectivity index (χ2n) is 12.4. The van der Waals surface area contributed by atoms with Crippen LogP contribution in [-0.2, 0) is 12.7 Å². The van der Waals surface area contributed by atoms with Gasteiger partial charge in [0.2, 0.25) is 5.69 Å². The standard InChI is InChI=1S/C38H36F4N6O6/c1-3-16-47-36(50)34(45-48(37(47)51)29-11-6-5-10-26(29)38(40,41)42)35(49)44-24-12-13-31(27(39)21-24)54-30-14-15-43-28-23-32(52-2)33(22-25(28)30)53-20-9-19-46-17-7-4-8-18-46/h3,5-6,10-15,21-23H,1,4,7-9,16-20H2,2H3,(H,44,49). The molecule has 5 aromatic rings. The summed E-state index contributed by atoms with van der Waals surface area (Å²) >= 11 is 0. The van der Waals surface area contributed by atoms with Gasteiger partial charge in [-0.15, -0.1) is 6.58 Å². The quantitative estimate of drug-likeness (QED) is 0.0805. The summed E-state index contributed by atoms with van der Waals surface area (Å²) in [6.07, 6.45) is 2.24. The topological polar surface area (TPSA) is 130 Å². The molecule has 1 aliphatic rings. The van der Waals surface area contributed by atoms with Gasteiger partial charge in [-0.2, -0.15) is 23.0 Å². The van der Waals surface area contributed by atoms with Crippen molar-refractivity contribution in [2.45, 2.75) is 38.4 Å². The van der Waals surface area contributed by atoms with Gasteiger partial charge >= 0.3 is 11.9 Å². The Morgan fingerprint density at radius 1 is 0.981 bits per heavy atom. The highest BCUT2D eigenvalue weighted by Gasteiger charge is 2.35. The van der Waals surface area contributed by atoms with Crippen LogP contribution >= 0.6 is 0 Å². The Bertz CT molecular complexity index is 2300. The van der Waals surface area contributed by atoms with Crippen molar-refractivity contribution in [2.24, 2.45) is 0 Å². The first kappa shape index (κ1) is 37.7. The maximum absolute atomic E-state index is 15.5. The Morgan fingerprint density at radius 2 is 1.76 bits per heavy atom. The van der Waals surface area contributed by atoms with Gasteiger partial charge < -0.3 is 24.4 Å². The van der Waals surface area contributed by atoms with Crippen molar-refractivity contribution >= 4 is 22.5 Å². The number of likely N-dealkylation sites (tertiary alicyclic amines) is 1. The van der Waals surface area contributed by atoms with Gasteiger partial charge in [-0.05, 0) is 68.8 Å². The molecule has 16 heteroatoms. The van der Waals surface area contributed by atoms with Gasteiger partial charge in [0.1, 0.15) is 5.75 Å². The zero-order chi connectivity index (χ0) is 38.4. The molecular weight excluding hydrogens is 712 g/mol. The molecule has 0 bridgehead atoms. The minimum absolute atomic E-state index is 0.140. The lowest BCUT2D eigenvalue weighted by Crippen LogP contribution is -2.45. The fraction of sp³-hybridized carbons (Fsp3) is 0.289. The van der Waals surface area contributed by atoms with Gasteiger partial charge in [-0.25, -0.2) is 9.18 Å². The molecule has 1 N–H and O–H groups in total. The fourth-order valence-corrected chi connectivity index (χ4v) is 6.12. The van der Waals surface area contributed by atoms with Crippen molar-refractivity contribution < 1.29 is 36.6 Å². The van der Waals surface area contributed by atoms with Gasteiger partial charge in [0.05, 0.1) is 30.5 Å². The molecule has 2 aromatic heterocycles. The largest absolute Gasteiger partial charge is 0.493 e. The lowest BCUT2D eigenvalue weighted by molar-refractivity contribution is -0.137. The minimum Gasteiger partial charge on any atom is -0.493 e. The Hall–Kier alpha value is -6.03. The van der Waals surface area contributed by atoms with E-state index in [1.54, 1.807) is 18.2 Å². The number of halogens is 4. The van der Waals surface area contributed by atoms with Crippen molar-refractivity contribution in [1.29, 1.82) is 0 Å². The average molecular weight is 749 g/mol. The zero-order valence-electron chi connectivity index (χ0n) is 29.2. The van der Waals surface area contributed by atoms with Gasteiger partial charge in [-0.1, -0.05) is 24.6 Å². The third-order valence-corrected chi connectivity index (χ3v) is 8.75. The van der Waals surface area contributed by atoms with Crippen LogP contribution in [0.1, 0.15) is 41.7 Å². The third kappa shape index (κ3) is 8.28. The molecule has 12 nitrogen and oxygen atoms in total. The van der Waals surface area contributed by atoms with Crippen LogP contribution in [0.2, 0.25) is 0 Å². The molecule has 0 unspecified atom stereocenters. The van der Waals surface area contributed by atoms with Crippen molar-refractivity contribution in [1.82, 2.24) is 24.2 Å². The number of carbonyl (C=O) groups is 1. The van der Waals surface area contributed by atoms with E-state index in [-0.39, 0.29) is 17.2 Å². The predicted octanol–water partition coefficient (Wildman–Crippen LogP) is 6.59. The number of para-hydroxylation sites is 1. The molecule has 1 amide bonds. The number of rotatable bonds is 13. The van der Waals surface area contributed by atoms with Gasteiger partial charge in [0.25, 0.3) is 11.5 Å². The Balaban J connectivity index is 1.23. The van der Waals surface area contributed by atoms with E-state index in [0.29, 0.717) is 38.3 Å². The number of amides is 1. The van der Waals surface area contributed by atoms with E-state index in [1.165, 1.54) is 50.8 Å². The van der Waals surface area contributed by atoms with E-state index in [0.717, 1.165) is 56.4 Å². The Labute approximate surface area is 306 Å². The molecule has 0 atom stereocenters. The summed E-state index contributed by atoms with van der Waals surface area (Å²) in [5, 5.41) is 6.56.